The van der Waals surface area contributed by atoms with Crippen LogP contribution in [0.2, 0.25) is 0 Å². The number of hydrogen-bond acceptors (Lipinski definition) is 3. The minimum absolute atomic E-state index is 0.103. The fourth-order valence-electron chi connectivity index (χ4n) is 2.07. The van der Waals surface area contributed by atoms with Crippen LogP contribution in [0.3, 0.4) is 0 Å². The molecule has 3 heteroatoms. The number of carbonyl (C=O) groups is 1. The molecule has 3 nitrogen and oxygen atoms in total. The molecule has 0 aromatic heterocycles. The average molecular weight is 223 g/mol. The Labute approximate surface area is 97.9 Å². The first-order valence-corrected chi connectivity index (χ1v) is 5.97. The van der Waals surface area contributed by atoms with Gasteiger partial charge >= 0.3 is 5.97 Å². The lowest BCUT2D eigenvalue weighted by atomic mass is 9.80. The van der Waals surface area contributed by atoms with E-state index in [1.54, 1.807) is 0 Å². The van der Waals surface area contributed by atoms with Gasteiger partial charge in [-0.05, 0) is 31.1 Å². The number of ether oxygens (including phenoxy) is 1. The molecule has 0 aromatic carbocycles. The first-order valence-electron chi connectivity index (χ1n) is 5.97. The van der Waals surface area contributed by atoms with Crippen molar-refractivity contribution in [1.82, 2.24) is 5.32 Å². The van der Waals surface area contributed by atoms with Crippen LogP contribution in [0.5, 0.6) is 0 Å². The average Bonchev–Trinajstić information content (AvgIpc) is 2.24. The molecular formula is C13H21NO2. The Morgan fingerprint density at radius 3 is 2.81 bits per heavy atom. The smallest absolute Gasteiger partial charge is 0.320 e. The molecule has 3 unspecified atom stereocenters. The van der Waals surface area contributed by atoms with Crippen LogP contribution in [-0.2, 0) is 9.53 Å². The standard InChI is InChI=1S/C13H21NO2/c1-4-7-14-9-13(15)16-12-6-5-10(2)11(3)8-12/h1,10-12,14H,5-9H2,2-3H3. The van der Waals surface area contributed by atoms with Gasteiger partial charge in [0.1, 0.15) is 6.10 Å². The van der Waals surface area contributed by atoms with Crippen molar-refractivity contribution in [3.63, 3.8) is 0 Å². The molecule has 1 rings (SSSR count). The van der Waals surface area contributed by atoms with Crippen LogP contribution in [0.1, 0.15) is 33.1 Å². The fourth-order valence-corrected chi connectivity index (χ4v) is 2.07. The largest absolute Gasteiger partial charge is 0.461 e. The summed E-state index contributed by atoms with van der Waals surface area (Å²) in [7, 11) is 0. The summed E-state index contributed by atoms with van der Waals surface area (Å²) in [6.45, 7) is 5.11. The van der Waals surface area contributed by atoms with Crippen molar-refractivity contribution in [3.05, 3.63) is 0 Å². The molecule has 1 fully saturated rings. The number of nitrogens with one attached hydrogen (secondary N) is 1. The molecule has 0 amide bonds. The predicted molar refractivity (Wildman–Crippen MR) is 63.8 cm³/mol. The van der Waals surface area contributed by atoms with Crippen LogP contribution in [0, 0.1) is 24.2 Å². The minimum atomic E-state index is -0.193. The topological polar surface area (TPSA) is 38.3 Å². The second-order valence-corrected chi connectivity index (χ2v) is 4.69. The first kappa shape index (κ1) is 13.1. The van der Waals surface area contributed by atoms with E-state index < -0.39 is 0 Å². The van der Waals surface area contributed by atoms with Gasteiger partial charge in [-0.2, -0.15) is 0 Å². The van der Waals surface area contributed by atoms with Crippen LogP contribution >= 0.6 is 0 Å². The molecule has 0 aromatic rings. The molecule has 1 N–H and O–H groups in total. The second-order valence-electron chi connectivity index (χ2n) is 4.69. The van der Waals surface area contributed by atoms with E-state index in [9.17, 15) is 4.79 Å². The monoisotopic (exact) mass is 223 g/mol. The van der Waals surface area contributed by atoms with Gasteiger partial charge < -0.3 is 4.74 Å². The number of esters is 1. The van der Waals surface area contributed by atoms with Crippen molar-refractivity contribution in [2.75, 3.05) is 13.1 Å². The van der Waals surface area contributed by atoms with Crippen LogP contribution < -0.4 is 5.32 Å². The highest BCUT2D eigenvalue weighted by Gasteiger charge is 2.26. The Kier molecular flexibility index (Phi) is 5.34. The van der Waals surface area contributed by atoms with E-state index in [1.165, 1.54) is 0 Å². The molecule has 1 aliphatic carbocycles. The van der Waals surface area contributed by atoms with Gasteiger partial charge in [-0.15, -0.1) is 6.42 Å². The van der Waals surface area contributed by atoms with Gasteiger partial charge in [-0.3, -0.25) is 10.1 Å². The van der Waals surface area contributed by atoms with Gasteiger partial charge in [-0.25, -0.2) is 0 Å². The summed E-state index contributed by atoms with van der Waals surface area (Å²) in [6.07, 6.45) is 8.30. The molecule has 1 saturated carbocycles. The van der Waals surface area contributed by atoms with Gasteiger partial charge in [0, 0.05) is 0 Å². The molecule has 0 bridgehead atoms. The maximum atomic E-state index is 11.4. The Morgan fingerprint density at radius 1 is 1.44 bits per heavy atom. The van der Waals surface area contributed by atoms with Crippen LogP contribution in [-0.4, -0.2) is 25.2 Å². The third kappa shape index (κ3) is 4.24. The zero-order valence-electron chi connectivity index (χ0n) is 10.2. The molecule has 90 valence electrons. The number of hydrogen-bond donors (Lipinski definition) is 1. The van der Waals surface area contributed by atoms with Gasteiger partial charge in [0.05, 0.1) is 13.1 Å². The summed E-state index contributed by atoms with van der Waals surface area (Å²) >= 11 is 0. The van der Waals surface area contributed by atoms with Gasteiger partial charge in [0.15, 0.2) is 0 Å². The normalized spacial score (nSPS) is 29.4. The van der Waals surface area contributed by atoms with E-state index in [0.29, 0.717) is 12.5 Å². The summed E-state index contributed by atoms with van der Waals surface area (Å²) in [6, 6.07) is 0. The Hall–Kier alpha value is -1.01. The maximum Gasteiger partial charge on any atom is 0.320 e. The van der Waals surface area contributed by atoms with E-state index in [1.807, 2.05) is 0 Å². The van der Waals surface area contributed by atoms with Crippen molar-refractivity contribution < 1.29 is 9.53 Å². The third-order valence-electron chi connectivity index (χ3n) is 3.34. The highest BCUT2D eigenvalue weighted by atomic mass is 16.5. The van der Waals surface area contributed by atoms with Gasteiger partial charge in [0.2, 0.25) is 0 Å². The minimum Gasteiger partial charge on any atom is -0.461 e. The highest BCUT2D eigenvalue weighted by molar-refractivity contribution is 5.71. The van der Waals surface area contributed by atoms with Gasteiger partial charge in [0.25, 0.3) is 0 Å². The van der Waals surface area contributed by atoms with Crippen molar-refractivity contribution in [1.29, 1.82) is 0 Å². The second kappa shape index (κ2) is 6.55. The summed E-state index contributed by atoms with van der Waals surface area (Å²) in [5.41, 5.74) is 0. The van der Waals surface area contributed by atoms with Crippen molar-refractivity contribution in [2.24, 2.45) is 11.8 Å². The Balaban J connectivity index is 2.22. The molecule has 0 radical (unpaired) electrons. The fraction of sp³-hybridized carbons (Fsp3) is 0.769. The first-order chi connectivity index (χ1) is 7.63. The SMILES string of the molecule is C#CCNCC(=O)OC1CCC(C)C(C)C1. The lowest BCUT2D eigenvalue weighted by molar-refractivity contribution is -0.150. The number of carbonyl (C=O) groups excluding carboxylic acids is 1. The molecule has 16 heavy (non-hydrogen) atoms. The van der Waals surface area contributed by atoms with E-state index >= 15 is 0 Å². The summed E-state index contributed by atoms with van der Waals surface area (Å²) in [5, 5.41) is 2.83. The molecule has 3 atom stereocenters. The highest BCUT2D eigenvalue weighted by Crippen LogP contribution is 2.30. The van der Waals surface area contributed by atoms with Crippen LogP contribution in [0.25, 0.3) is 0 Å². The van der Waals surface area contributed by atoms with Crippen molar-refractivity contribution in [2.45, 2.75) is 39.2 Å². The maximum absolute atomic E-state index is 11.4. The van der Waals surface area contributed by atoms with Crippen molar-refractivity contribution in [3.8, 4) is 12.3 Å². The molecule has 0 saturated heterocycles. The Bertz CT molecular complexity index is 270. The summed E-state index contributed by atoms with van der Waals surface area (Å²) < 4.78 is 5.39. The summed E-state index contributed by atoms with van der Waals surface area (Å²) in [5.74, 6) is 3.62. The van der Waals surface area contributed by atoms with Crippen molar-refractivity contribution >= 4 is 5.97 Å². The predicted octanol–water partition coefficient (Wildman–Crippen LogP) is 1.58. The molecule has 0 aliphatic heterocycles. The van der Waals surface area contributed by atoms with E-state index in [-0.39, 0.29) is 18.6 Å². The number of rotatable bonds is 4. The van der Waals surface area contributed by atoms with Crippen LogP contribution in [0.4, 0.5) is 0 Å². The molecule has 1 aliphatic rings. The zero-order valence-corrected chi connectivity index (χ0v) is 10.2. The summed E-state index contributed by atoms with van der Waals surface area (Å²) in [4.78, 5) is 11.4. The van der Waals surface area contributed by atoms with E-state index in [0.717, 1.165) is 25.2 Å². The third-order valence-corrected chi connectivity index (χ3v) is 3.34. The molecular weight excluding hydrogens is 202 g/mol. The van der Waals surface area contributed by atoms with Gasteiger partial charge in [-0.1, -0.05) is 19.8 Å². The molecule has 0 heterocycles. The Morgan fingerprint density at radius 2 is 2.19 bits per heavy atom. The van der Waals surface area contributed by atoms with E-state index in [2.05, 4.69) is 25.1 Å². The van der Waals surface area contributed by atoms with E-state index in [4.69, 9.17) is 11.2 Å². The number of terminal acetylenes is 1. The lowest BCUT2D eigenvalue weighted by Crippen LogP contribution is -2.32. The molecule has 0 spiro atoms. The lowest BCUT2D eigenvalue weighted by Gasteiger charge is -2.31. The quantitative estimate of drug-likeness (QED) is 0.447. The van der Waals surface area contributed by atoms with Crippen LogP contribution in [0.15, 0.2) is 0 Å². The zero-order chi connectivity index (χ0) is 12.0.